The Morgan fingerprint density at radius 3 is 1.24 bits per heavy atom. The number of rotatable bonds is 22. The van der Waals surface area contributed by atoms with E-state index in [-0.39, 0.29) is 23.4 Å². The molecule has 0 saturated heterocycles. The van der Waals surface area contributed by atoms with Crippen molar-refractivity contribution < 1.29 is 14.4 Å². The van der Waals surface area contributed by atoms with Crippen molar-refractivity contribution in [1.82, 2.24) is 0 Å². The van der Waals surface area contributed by atoms with Crippen LogP contribution in [0.4, 0.5) is 0 Å². The Bertz CT molecular complexity index is 348. The van der Waals surface area contributed by atoms with Gasteiger partial charge in [-0.1, -0.05) is 90.4 Å². The van der Waals surface area contributed by atoms with Crippen molar-refractivity contribution in [3.05, 3.63) is 0 Å². The van der Waals surface area contributed by atoms with Gasteiger partial charge in [0.15, 0.2) is 0 Å². The maximum absolute atomic E-state index is 10.3. The summed E-state index contributed by atoms with van der Waals surface area (Å²) in [5.41, 5.74) is 0. The summed E-state index contributed by atoms with van der Waals surface area (Å²) in [5, 5.41) is 10.3. The van der Waals surface area contributed by atoms with Crippen LogP contribution in [0.15, 0.2) is 0 Å². The second-order valence-electron chi connectivity index (χ2n) is 9.52. The van der Waals surface area contributed by atoms with Crippen LogP contribution in [-0.4, -0.2) is 37.6 Å². The van der Waals surface area contributed by atoms with Gasteiger partial charge >= 0.3 is 0 Å². The molecule has 0 spiro atoms. The Balaban J connectivity index is 0. The Morgan fingerprint density at radius 2 is 0.897 bits per heavy atom. The fourth-order valence-corrected chi connectivity index (χ4v) is 4.01. The van der Waals surface area contributed by atoms with E-state index < -0.39 is 5.97 Å². The molecule has 29 heavy (non-hydrogen) atoms. The monoisotopic (exact) mass is 477 g/mol. The summed E-state index contributed by atoms with van der Waals surface area (Å²) in [5.74, 6) is -0.904. The number of carbonyl (C=O) groups excluding carboxylic acids is 1. The molecule has 0 unspecified atom stereocenters. The zero-order valence-corrected chi connectivity index (χ0v) is 21.7. The topological polar surface area (TPSA) is 40.1 Å². The van der Waals surface area contributed by atoms with Crippen LogP contribution in [0, 0.1) is 0 Å². The standard InChI is InChI=1S/C25H51NO2.BrH/c1-4-5-6-7-8-9-11-14-17-20-23-26(2,3)24-21-18-15-12-10-13-16-19-22-25(27)28;/h4-24H2,1-3H3;1H. The Morgan fingerprint density at radius 1 is 0.586 bits per heavy atom. The van der Waals surface area contributed by atoms with E-state index in [4.69, 9.17) is 0 Å². The summed E-state index contributed by atoms with van der Waals surface area (Å²) in [6, 6.07) is 0. The van der Waals surface area contributed by atoms with Crippen molar-refractivity contribution >= 4 is 23.0 Å². The van der Waals surface area contributed by atoms with Crippen LogP contribution in [0.3, 0.4) is 0 Å². The minimum absolute atomic E-state index is 0. The van der Waals surface area contributed by atoms with Gasteiger partial charge in [-0.15, -0.1) is 17.0 Å². The van der Waals surface area contributed by atoms with E-state index in [2.05, 4.69) is 21.0 Å². The van der Waals surface area contributed by atoms with E-state index in [1.165, 1.54) is 120 Å². The van der Waals surface area contributed by atoms with Crippen LogP contribution in [0.25, 0.3) is 0 Å². The highest BCUT2D eigenvalue weighted by atomic mass is 79.9. The van der Waals surface area contributed by atoms with Crippen LogP contribution >= 0.6 is 17.0 Å². The minimum atomic E-state index is -0.904. The number of carboxylic acids is 1. The number of halogens is 1. The molecule has 0 aromatic rings. The van der Waals surface area contributed by atoms with Gasteiger partial charge in [0.05, 0.1) is 27.2 Å². The van der Waals surface area contributed by atoms with Crippen molar-refractivity contribution in [2.24, 2.45) is 0 Å². The number of hydrogen-bond donors (Lipinski definition) is 0. The average molecular weight is 479 g/mol. The van der Waals surface area contributed by atoms with Crippen LogP contribution in [0.2, 0.25) is 0 Å². The summed E-state index contributed by atoms with van der Waals surface area (Å²) in [6.07, 6.45) is 24.0. The molecular formula is C25H52BrNO2. The lowest BCUT2D eigenvalue weighted by Gasteiger charge is -2.30. The van der Waals surface area contributed by atoms with Gasteiger partial charge in [0.25, 0.3) is 0 Å². The number of hydrogen-bond acceptors (Lipinski definition) is 2. The first-order chi connectivity index (χ1) is 13.5. The van der Waals surface area contributed by atoms with E-state index in [1.807, 2.05) is 0 Å². The van der Waals surface area contributed by atoms with Crippen LogP contribution in [0.5, 0.6) is 0 Å². The molecule has 0 N–H and O–H groups in total. The van der Waals surface area contributed by atoms with Gasteiger partial charge in [0.2, 0.25) is 0 Å². The second kappa shape index (κ2) is 22.6. The van der Waals surface area contributed by atoms with Crippen LogP contribution < -0.4 is 5.11 Å². The summed E-state index contributed by atoms with van der Waals surface area (Å²) in [4.78, 5) is 10.3. The summed E-state index contributed by atoms with van der Waals surface area (Å²) >= 11 is 0. The highest BCUT2D eigenvalue weighted by molar-refractivity contribution is 8.93. The van der Waals surface area contributed by atoms with Crippen molar-refractivity contribution in [1.29, 1.82) is 0 Å². The van der Waals surface area contributed by atoms with E-state index in [0.29, 0.717) is 0 Å². The minimum Gasteiger partial charge on any atom is -0.550 e. The van der Waals surface area contributed by atoms with Gasteiger partial charge in [0, 0.05) is 5.97 Å². The summed E-state index contributed by atoms with van der Waals surface area (Å²) in [7, 11) is 4.79. The Labute approximate surface area is 193 Å². The third-order valence-electron chi connectivity index (χ3n) is 6.01. The third kappa shape index (κ3) is 25.9. The molecule has 0 aromatic heterocycles. The lowest BCUT2D eigenvalue weighted by Crippen LogP contribution is -2.41. The van der Waals surface area contributed by atoms with Crippen molar-refractivity contribution in [3.8, 4) is 0 Å². The molecule has 0 aromatic carbocycles. The fourth-order valence-electron chi connectivity index (χ4n) is 4.01. The molecule has 176 valence electrons. The number of carbonyl (C=O) groups is 1. The molecular weight excluding hydrogens is 426 g/mol. The number of unbranched alkanes of at least 4 members (excludes halogenated alkanes) is 16. The molecule has 0 rings (SSSR count). The van der Waals surface area contributed by atoms with Gasteiger partial charge in [-0.05, 0) is 38.5 Å². The first-order valence-corrected chi connectivity index (χ1v) is 12.5. The predicted octanol–water partition coefficient (Wildman–Crippen LogP) is 6.82. The molecule has 0 saturated carbocycles. The molecule has 0 fully saturated rings. The first-order valence-electron chi connectivity index (χ1n) is 12.5. The SMILES string of the molecule is Br.CCCCCCCCCCCC[N+](C)(C)CCCCCCCCCCC(=O)[O-]. The van der Waals surface area contributed by atoms with Gasteiger partial charge in [-0.2, -0.15) is 0 Å². The number of quaternary nitrogens is 1. The van der Waals surface area contributed by atoms with Crippen LogP contribution in [0.1, 0.15) is 129 Å². The van der Waals surface area contributed by atoms with E-state index in [9.17, 15) is 9.90 Å². The Kier molecular flexibility index (Phi) is 24.2. The summed E-state index contributed by atoms with van der Waals surface area (Å²) < 4.78 is 1.18. The van der Waals surface area contributed by atoms with Gasteiger partial charge in [0.1, 0.15) is 0 Å². The zero-order chi connectivity index (χ0) is 20.9. The summed E-state index contributed by atoms with van der Waals surface area (Å²) in [6.45, 7) is 4.92. The second-order valence-corrected chi connectivity index (χ2v) is 9.52. The maximum atomic E-state index is 10.3. The predicted molar refractivity (Wildman–Crippen MR) is 131 cm³/mol. The molecule has 0 aliphatic heterocycles. The first kappa shape index (κ1) is 31.1. The maximum Gasteiger partial charge on any atom is 0.0782 e. The average Bonchev–Trinajstić information content (AvgIpc) is 2.64. The normalized spacial score (nSPS) is 11.4. The lowest BCUT2D eigenvalue weighted by molar-refractivity contribution is -0.890. The highest BCUT2D eigenvalue weighted by Gasteiger charge is 2.13. The Hall–Kier alpha value is -0.0900. The van der Waals surface area contributed by atoms with Crippen molar-refractivity contribution in [2.75, 3.05) is 27.2 Å². The molecule has 0 bridgehead atoms. The van der Waals surface area contributed by atoms with E-state index in [0.717, 1.165) is 12.8 Å². The molecule has 0 atom stereocenters. The fraction of sp³-hybridized carbons (Fsp3) is 0.960. The van der Waals surface area contributed by atoms with E-state index in [1.54, 1.807) is 0 Å². The van der Waals surface area contributed by atoms with Crippen LogP contribution in [-0.2, 0) is 4.79 Å². The molecule has 0 heterocycles. The van der Waals surface area contributed by atoms with Crippen molar-refractivity contribution in [3.63, 3.8) is 0 Å². The van der Waals surface area contributed by atoms with Gasteiger partial charge in [-0.25, -0.2) is 0 Å². The molecule has 0 amide bonds. The largest absolute Gasteiger partial charge is 0.550 e. The molecule has 0 aliphatic rings. The molecule has 3 nitrogen and oxygen atoms in total. The number of aliphatic carboxylic acids is 1. The smallest absolute Gasteiger partial charge is 0.0782 e. The number of nitrogens with zero attached hydrogens (tertiary/aromatic N) is 1. The van der Waals surface area contributed by atoms with Crippen molar-refractivity contribution in [2.45, 2.75) is 129 Å². The quantitative estimate of drug-likeness (QED) is 0.126. The zero-order valence-electron chi connectivity index (χ0n) is 20.0. The number of carboxylic acid groups (broad SMARTS) is 1. The lowest BCUT2D eigenvalue weighted by atomic mass is 10.1. The van der Waals surface area contributed by atoms with Gasteiger partial charge in [-0.3, -0.25) is 0 Å². The van der Waals surface area contributed by atoms with Gasteiger partial charge < -0.3 is 14.4 Å². The third-order valence-corrected chi connectivity index (χ3v) is 6.01. The van der Waals surface area contributed by atoms with E-state index >= 15 is 0 Å². The molecule has 4 heteroatoms. The highest BCUT2D eigenvalue weighted by Crippen LogP contribution is 2.13. The molecule has 0 radical (unpaired) electrons. The molecule has 0 aliphatic carbocycles.